The van der Waals surface area contributed by atoms with E-state index in [-0.39, 0.29) is 18.0 Å². The van der Waals surface area contributed by atoms with Gasteiger partial charge in [-0.05, 0) is 55.3 Å². The van der Waals surface area contributed by atoms with E-state index >= 15 is 0 Å². The van der Waals surface area contributed by atoms with Crippen LogP contribution in [0.1, 0.15) is 24.1 Å². The van der Waals surface area contributed by atoms with Gasteiger partial charge in [0.1, 0.15) is 12.4 Å². The van der Waals surface area contributed by atoms with E-state index < -0.39 is 0 Å². The molecule has 2 aromatic heterocycles. The fourth-order valence-electron chi connectivity index (χ4n) is 6.02. The maximum atomic E-state index is 13.8. The summed E-state index contributed by atoms with van der Waals surface area (Å²) in [5.41, 5.74) is 4.55. The molecule has 5 heterocycles. The maximum Gasteiger partial charge on any atom is 0.223 e. The Balaban J connectivity index is 1.14. The van der Waals surface area contributed by atoms with Gasteiger partial charge in [0.25, 0.3) is 0 Å². The number of anilines is 1. The van der Waals surface area contributed by atoms with E-state index in [0.29, 0.717) is 18.4 Å². The molecule has 0 bridgehead atoms. The van der Waals surface area contributed by atoms with Crippen molar-refractivity contribution in [2.75, 3.05) is 51.3 Å². The average molecular weight is 568 g/mol. The topological polar surface area (TPSA) is 87.7 Å². The molecule has 0 radical (unpaired) electrons. The van der Waals surface area contributed by atoms with Crippen molar-refractivity contribution >= 4 is 28.2 Å². The number of morpholine rings is 1. The first-order valence-electron chi connectivity index (χ1n) is 14.6. The monoisotopic (exact) mass is 567 g/mol. The van der Waals surface area contributed by atoms with Crippen molar-refractivity contribution in [1.82, 2.24) is 30.1 Å². The SMILES string of the molecule is Fc1ccc(C2=C(c3ccnc(NCCN4CCOCC4)n3)N3C(COc4ccc5ccccc5n4)CCC3N2)cc1. The first-order valence-corrected chi connectivity index (χ1v) is 14.6. The molecule has 2 fully saturated rings. The lowest BCUT2D eigenvalue weighted by Gasteiger charge is -2.28. The number of para-hydroxylation sites is 1. The minimum absolute atomic E-state index is 0.0888. The van der Waals surface area contributed by atoms with Gasteiger partial charge in [-0.3, -0.25) is 4.90 Å². The normalized spacial score (nSPS) is 20.5. The lowest BCUT2D eigenvalue weighted by molar-refractivity contribution is 0.0398. The van der Waals surface area contributed by atoms with Crippen LogP contribution in [-0.4, -0.2) is 83.0 Å². The highest BCUT2D eigenvalue weighted by molar-refractivity contribution is 5.90. The molecule has 0 aliphatic carbocycles. The number of hydrogen-bond donors (Lipinski definition) is 2. The molecule has 216 valence electrons. The quantitative estimate of drug-likeness (QED) is 0.309. The van der Waals surface area contributed by atoms with Gasteiger partial charge < -0.3 is 25.0 Å². The zero-order chi connectivity index (χ0) is 28.3. The molecule has 42 heavy (non-hydrogen) atoms. The van der Waals surface area contributed by atoms with Gasteiger partial charge in [0, 0.05) is 49.4 Å². The Bertz CT molecular complexity index is 1570. The first kappa shape index (κ1) is 26.6. The van der Waals surface area contributed by atoms with Gasteiger partial charge in [0.15, 0.2) is 0 Å². The third-order valence-electron chi connectivity index (χ3n) is 8.15. The number of pyridine rings is 1. The number of halogens is 1. The second kappa shape index (κ2) is 11.9. The molecule has 0 amide bonds. The van der Waals surface area contributed by atoms with Gasteiger partial charge in [-0.2, -0.15) is 0 Å². The van der Waals surface area contributed by atoms with Crippen LogP contribution in [0.25, 0.3) is 22.3 Å². The summed E-state index contributed by atoms with van der Waals surface area (Å²) in [6.45, 7) is 5.56. The van der Waals surface area contributed by atoms with Crippen molar-refractivity contribution in [1.29, 1.82) is 0 Å². The number of rotatable bonds is 9. The van der Waals surface area contributed by atoms with Crippen LogP contribution in [0.2, 0.25) is 0 Å². The number of aromatic nitrogens is 3. The van der Waals surface area contributed by atoms with E-state index in [0.717, 1.165) is 85.8 Å². The van der Waals surface area contributed by atoms with Crippen LogP contribution in [0.4, 0.5) is 10.3 Å². The highest BCUT2D eigenvalue weighted by Gasteiger charge is 2.42. The van der Waals surface area contributed by atoms with Crippen molar-refractivity contribution < 1.29 is 13.9 Å². The number of benzene rings is 2. The van der Waals surface area contributed by atoms with Crippen molar-refractivity contribution in [3.05, 3.63) is 90.0 Å². The fourth-order valence-corrected chi connectivity index (χ4v) is 6.02. The standard InChI is InChI=1S/C32H34FN7O2/c33-24-8-5-23(6-9-24)30-31(27-13-14-34-32(37-27)35-15-16-39-17-19-41-20-18-39)40-25(10-11-28(40)38-30)21-42-29-12-7-22-3-1-2-4-26(22)36-29/h1-9,12-14,25,28,38H,10-11,15-21H2,(H,34,35,37). The Morgan fingerprint density at radius 3 is 2.71 bits per heavy atom. The van der Waals surface area contributed by atoms with Crippen LogP contribution < -0.4 is 15.4 Å². The molecule has 0 spiro atoms. The smallest absolute Gasteiger partial charge is 0.223 e. The molecule has 10 heteroatoms. The van der Waals surface area contributed by atoms with Crippen molar-refractivity contribution in [3.63, 3.8) is 0 Å². The van der Waals surface area contributed by atoms with E-state index in [9.17, 15) is 4.39 Å². The van der Waals surface area contributed by atoms with Crippen LogP contribution in [0.15, 0.2) is 72.9 Å². The lowest BCUT2D eigenvalue weighted by Crippen LogP contribution is -2.39. The number of hydrogen-bond acceptors (Lipinski definition) is 9. The van der Waals surface area contributed by atoms with E-state index in [2.05, 4.69) is 25.4 Å². The van der Waals surface area contributed by atoms with Crippen molar-refractivity contribution in [3.8, 4) is 5.88 Å². The summed E-state index contributed by atoms with van der Waals surface area (Å²) in [6, 6.07) is 20.7. The molecule has 0 saturated carbocycles. The minimum atomic E-state index is -0.262. The van der Waals surface area contributed by atoms with Crippen molar-refractivity contribution in [2.45, 2.75) is 25.0 Å². The summed E-state index contributed by atoms with van der Waals surface area (Å²) >= 11 is 0. The lowest BCUT2D eigenvalue weighted by atomic mass is 10.1. The van der Waals surface area contributed by atoms with Crippen LogP contribution in [-0.2, 0) is 4.74 Å². The number of ether oxygens (including phenoxy) is 2. The first-order chi connectivity index (χ1) is 20.7. The predicted molar refractivity (Wildman–Crippen MR) is 160 cm³/mol. The van der Waals surface area contributed by atoms with Crippen LogP contribution in [0, 0.1) is 5.82 Å². The Hall–Kier alpha value is -4.28. The molecular formula is C32H34FN7O2. The molecular weight excluding hydrogens is 533 g/mol. The van der Waals surface area contributed by atoms with Gasteiger partial charge >= 0.3 is 0 Å². The summed E-state index contributed by atoms with van der Waals surface area (Å²) in [6.07, 6.45) is 3.79. The molecule has 4 aromatic rings. The Morgan fingerprint density at radius 1 is 0.976 bits per heavy atom. The van der Waals surface area contributed by atoms with Gasteiger partial charge in [-0.1, -0.05) is 18.2 Å². The number of nitrogens with zero attached hydrogens (tertiary/aromatic N) is 5. The van der Waals surface area contributed by atoms with E-state index in [4.69, 9.17) is 19.4 Å². The molecule has 2 unspecified atom stereocenters. The van der Waals surface area contributed by atoms with Crippen molar-refractivity contribution in [2.24, 2.45) is 0 Å². The largest absolute Gasteiger partial charge is 0.475 e. The van der Waals surface area contributed by atoms with Gasteiger partial charge in [0.2, 0.25) is 11.8 Å². The van der Waals surface area contributed by atoms with Gasteiger partial charge in [0.05, 0.1) is 48.0 Å². The summed E-state index contributed by atoms with van der Waals surface area (Å²) in [4.78, 5) is 18.9. The minimum Gasteiger partial charge on any atom is -0.475 e. The van der Waals surface area contributed by atoms with Crippen LogP contribution in [0.3, 0.4) is 0 Å². The Kier molecular flexibility index (Phi) is 7.55. The second-order valence-corrected chi connectivity index (χ2v) is 10.8. The van der Waals surface area contributed by atoms with Crippen LogP contribution >= 0.6 is 0 Å². The Morgan fingerprint density at radius 2 is 1.83 bits per heavy atom. The Labute approximate surface area is 244 Å². The fraction of sp³-hybridized carbons (Fsp3) is 0.344. The second-order valence-electron chi connectivity index (χ2n) is 10.8. The maximum absolute atomic E-state index is 13.8. The molecule has 7 rings (SSSR count). The predicted octanol–water partition coefficient (Wildman–Crippen LogP) is 4.21. The zero-order valence-corrected chi connectivity index (χ0v) is 23.4. The molecule has 2 saturated heterocycles. The third-order valence-corrected chi connectivity index (χ3v) is 8.15. The summed E-state index contributed by atoms with van der Waals surface area (Å²) < 4.78 is 25.6. The van der Waals surface area contributed by atoms with E-state index in [1.165, 1.54) is 12.1 Å². The van der Waals surface area contributed by atoms with E-state index in [1.807, 2.05) is 54.6 Å². The highest BCUT2D eigenvalue weighted by atomic mass is 19.1. The molecule has 3 aliphatic heterocycles. The number of nitrogens with one attached hydrogen (secondary N) is 2. The summed E-state index contributed by atoms with van der Waals surface area (Å²) in [5.74, 6) is 0.937. The number of fused-ring (bicyclic) bond motifs is 2. The molecule has 2 atom stereocenters. The summed E-state index contributed by atoms with van der Waals surface area (Å²) in [5, 5.41) is 8.19. The molecule has 9 nitrogen and oxygen atoms in total. The van der Waals surface area contributed by atoms with E-state index in [1.54, 1.807) is 6.20 Å². The zero-order valence-electron chi connectivity index (χ0n) is 23.4. The highest BCUT2D eigenvalue weighted by Crippen LogP contribution is 2.41. The summed E-state index contributed by atoms with van der Waals surface area (Å²) in [7, 11) is 0. The molecule has 2 N–H and O–H groups in total. The molecule has 3 aliphatic rings. The van der Waals surface area contributed by atoms with Crippen LogP contribution in [0.5, 0.6) is 5.88 Å². The average Bonchev–Trinajstić information content (AvgIpc) is 3.61. The van der Waals surface area contributed by atoms with Gasteiger partial charge in [-0.25, -0.2) is 19.3 Å². The van der Waals surface area contributed by atoms with Gasteiger partial charge in [-0.15, -0.1) is 0 Å². The molecule has 2 aromatic carbocycles. The third kappa shape index (κ3) is 5.60.